The first-order valence-corrected chi connectivity index (χ1v) is 9.50. The topological polar surface area (TPSA) is 54.9 Å². The first kappa shape index (κ1) is 19.2. The molecule has 1 N–H and O–H groups in total. The zero-order valence-electron chi connectivity index (χ0n) is 14.9. The predicted octanol–water partition coefficient (Wildman–Crippen LogP) is 5.18. The molecule has 0 aliphatic rings. The Labute approximate surface area is 166 Å². The molecule has 27 heavy (non-hydrogen) atoms. The van der Waals surface area contributed by atoms with Gasteiger partial charge in [-0.05, 0) is 48.4 Å². The normalized spacial score (nSPS) is 10.6. The fraction of sp³-hybridized carbons (Fsp3) is 0.190. The van der Waals surface area contributed by atoms with Crippen LogP contribution in [0.15, 0.2) is 59.2 Å². The van der Waals surface area contributed by atoms with Crippen molar-refractivity contribution < 1.29 is 9.18 Å². The summed E-state index contributed by atoms with van der Waals surface area (Å²) >= 11 is 3.38. The number of anilines is 1. The van der Waals surface area contributed by atoms with E-state index in [0.717, 1.165) is 27.7 Å². The van der Waals surface area contributed by atoms with Crippen LogP contribution in [0.1, 0.15) is 24.6 Å². The molecule has 3 rings (SSSR count). The maximum atomic E-state index is 13.1. The highest BCUT2D eigenvalue weighted by molar-refractivity contribution is 9.10. The molecule has 0 saturated heterocycles. The number of carbonyl (C=O) groups excluding carboxylic acids is 1. The Morgan fingerprint density at radius 3 is 2.48 bits per heavy atom. The molecule has 1 amide bonds. The molecule has 4 nitrogen and oxygen atoms in total. The minimum Gasteiger partial charge on any atom is -0.309 e. The Morgan fingerprint density at radius 2 is 1.81 bits per heavy atom. The molecule has 0 aliphatic carbocycles. The van der Waals surface area contributed by atoms with Crippen LogP contribution in [0.3, 0.4) is 0 Å². The molecular weight excluding hydrogens is 409 g/mol. The van der Waals surface area contributed by atoms with E-state index in [2.05, 4.69) is 31.2 Å². The van der Waals surface area contributed by atoms with E-state index in [1.165, 1.54) is 12.1 Å². The van der Waals surface area contributed by atoms with Crippen LogP contribution in [0, 0.1) is 5.82 Å². The number of hydrogen-bond donors (Lipinski definition) is 1. The van der Waals surface area contributed by atoms with E-state index in [4.69, 9.17) is 0 Å². The lowest BCUT2D eigenvalue weighted by Crippen LogP contribution is -2.17. The highest BCUT2D eigenvalue weighted by Gasteiger charge is 2.12. The summed E-state index contributed by atoms with van der Waals surface area (Å²) in [7, 11) is 0. The van der Waals surface area contributed by atoms with Gasteiger partial charge in [0.05, 0.1) is 24.0 Å². The Kier molecular flexibility index (Phi) is 6.29. The maximum absolute atomic E-state index is 13.1. The monoisotopic (exact) mass is 427 g/mol. The molecule has 0 unspecified atom stereocenters. The standard InChI is InChI=1S/C21H19BrFN3O/c1-2-3-18-21(26-20(27)12-14-4-8-16(22)9-5-14)24-13-19(25-18)15-6-10-17(23)11-7-15/h4-11,13H,2-3,12H2,1H3,(H,24,26,27). The zero-order chi connectivity index (χ0) is 19.2. The van der Waals surface area contributed by atoms with E-state index in [9.17, 15) is 9.18 Å². The lowest BCUT2D eigenvalue weighted by Gasteiger charge is -2.11. The van der Waals surface area contributed by atoms with Crippen molar-refractivity contribution in [3.05, 3.63) is 76.3 Å². The zero-order valence-corrected chi connectivity index (χ0v) is 16.5. The van der Waals surface area contributed by atoms with Crippen molar-refractivity contribution in [1.29, 1.82) is 0 Å². The van der Waals surface area contributed by atoms with Crippen molar-refractivity contribution in [2.75, 3.05) is 5.32 Å². The minimum absolute atomic E-state index is 0.140. The Morgan fingerprint density at radius 1 is 1.11 bits per heavy atom. The summed E-state index contributed by atoms with van der Waals surface area (Å²) in [5, 5.41) is 2.86. The van der Waals surface area contributed by atoms with Crippen molar-refractivity contribution in [2.45, 2.75) is 26.2 Å². The third-order valence-electron chi connectivity index (χ3n) is 4.01. The van der Waals surface area contributed by atoms with Crippen LogP contribution in [0.4, 0.5) is 10.2 Å². The first-order valence-electron chi connectivity index (χ1n) is 8.71. The number of nitrogens with one attached hydrogen (secondary N) is 1. The van der Waals surface area contributed by atoms with Gasteiger partial charge in [0.15, 0.2) is 5.82 Å². The maximum Gasteiger partial charge on any atom is 0.229 e. The molecule has 3 aromatic rings. The van der Waals surface area contributed by atoms with Crippen molar-refractivity contribution in [3.63, 3.8) is 0 Å². The lowest BCUT2D eigenvalue weighted by molar-refractivity contribution is -0.115. The van der Waals surface area contributed by atoms with Crippen molar-refractivity contribution in [1.82, 2.24) is 9.97 Å². The van der Waals surface area contributed by atoms with Gasteiger partial charge >= 0.3 is 0 Å². The number of nitrogens with zero attached hydrogens (tertiary/aromatic N) is 2. The molecule has 0 bridgehead atoms. The molecule has 0 aliphatic heterocycles. The quantitative estimate of drug-likeness (QED) is 0.589. The largest absolute Gasteiger partial charge is 0.309 e. The van der Waals surface area contributed by atoms with Gasteiger partial charge in [-0.3, -0.25) is 4.79 Å². The second-order valence-corrected chi connectivity index (χ2v) is 7.07. The van der Waals surface area contributed by atoms with E-state index in [0.29, 0.717) is 17.9 Å². The summed E-state index contributed by atoms with van der Waals surface area (Å²) in [5.41, 5.74) is 3.09. The van der Waals surface area contributed by atoms with Crippen LogP contribution in [0.5, 0.6) is 0 Å². The van der Waals surface area contributed by atoms with Crippen LogP contribution in [0.25, 0.3) is 11.3 Å². The minimum atomic E-state index is -0.294. The first-order chi connectivity index (χ1) is 13.0. The number of halogens is 2. The third-order valence-corrected chi connectivity index (χ3v) is 4.54. The van der Waals surface area contributed by atoms with Crippen LogP contribution in [-0.4, -0.2) is 15.9 Å². The number of hydrogen-bond acceptors (Lipinski definition) is 3. The molecule has 0 fully saturated rings. The second kappa shape index (κ2) is 8.86. The summed E-state index contributed by atoms with van der Waals surface area (Å²) in [6, 6.07) is 13.7. The molecule has 0 spiro atoms. The lowest BCUT2D eigenvalue weighted by atomic mass is 10.1. The number of benzene rings is 2. The van der Waals surface area contributed by atoms with Gasteiger partial charge in [-0.15, -0.1) is 0 Å². The fourth-order valence-corrected chi connectivity index (χ4v) is 2.93. The number of carbonyl (C=O) groups is 1. The van der Waals surface area contributed by atoms with E-state index < -0.39 is 0 Å². The Hall–Kier alpha value is -2.60. The van der Waals surface area contributed by atoms with E-state index in [1.807, 2.05) is 31.2 Å². The van der Waals surface area contributed by atoms with Gasteiger partial charge in [-0.25, -0.2) is 14.4 Å². The Balaban J connectivity index is 1.78. The fourth-order valence-electron chi connectivity index (χ4n) is 2.67. The average Bonchev–Trinajstić information content (AvgIpc) is 2.66. The molecule has 1 aromatic heterocycles. The molecule has 1 heterocycles. The van der Waals surface area contributed by atoms with Gasteiger partial charge < -0.3 is 5.32 Å². The smallest absolute Gasteiger partial charge is 0.229 e. The summed E-state index contributed by atoms with van der Waals surface area (Å²) < 4.78 is 14.1. The van der Waals surface area contributed by atoms with Gasteiger partial charge in [0.2, 0.25) is 5.91 Å². The molecule has 0 saturated carbocycles. The number of aryl methyl sites for hydroxylation is 1. The highest BCUT2D eigenvalue weighted by atomic mass is 79.9. The molecule has 138 valence electrons. The van der Waals surface area contributed by atoms with Crippen molar-refractivity contribution in [2.24, 2.45) is 0 Å². The predicted molar refractivity (Wildman–Crippen MR) is 108 cm³/mol. The van der Waals surface area contributed by atoms with E-state index in [1.54, 1.807) is 18.3 Å². The summed E-state index contributed by atoms with van der Waals surface area (Å²) in [6.45, 7) is 2.04. The molecule has 2 aromatic carbocycles. The third kappa shape index (κ3) is 5.20. The molecule has 6 heteroatoms. The molecular formula is C21H19BrFN3O. The van der Waals surface area contributed by atoms with Gasteiger partial charge in [0.25, 0.3) is 0 Å². The van der Waals surface area contributed by atoms with Gasteiger partial charge in [0, 0.05) is 10.0 Å². The SMILES string of the molecule is CCCc1nc(-c2ccc(F)cc2)cnc1NC(=O)Cc1ccc(Br)cc1. The summed E-state index contributed by atoms with van der Waals surface area (Å²) in [4.78, 5) is 21.4. The van der Waals surface area contributed by atoms with Gasteiger partial charge in [-0.1, -0.05) is 41.4 Å². The summed E-state index contributed by atoms with van der Waals surface area (Å²) in [6.07, 6.45) is 3.43. The van der Waals surface area contributed by atoms with Crippen LogP contribution in [-0.2, 0) is 17.6 Å². The van der Waals surface area contributed by atoms with Crippen LogP contribution in [0.2, 0.25) is 0 Å². The number of amides is 1. The molecule has 0 atom stereocenters. The van der Waals surface area contributed by atoms with Gasteiger partial charge in [-0.2, -0.15) is 0 Å². The van der Waals surface area contributed by atoms with Crippen LogP contribution < -0.4 is 5.32 Å². The average molecular weight is 428 g/mol. The Bertz CT molecular complexity index is 927. The molecule has 0 radical (unpaired) electrons. The number of aromatic nitrogens is 2. The second-order valence-electron chi connectivity index (χ2n) is 6.16. The van der Waals surface area contributed by atoms with E-state index >= 15 is 0 Å². The van der Waals surface area contributed by atoms with E-state index in [-0.39, 0.29) is 18.1 Å². The van der Waals surface area contributed by atoms with Crippen molar-refractivity contribution in [3.8, 4) is 11.3 Å². The summed E-state index contributed by atoms with van der Waals surface area (Å²) in [5.74, 6) is 0.0423. The number of rotatable bonds is 6. The van der Waals surface area contributed by atoms with Crippen molar-refractivity contribution >= 4 is 27.7 Å². The van der Waals surface area contributed by atoms with Crippen LogP contribution >= 0.6 is 15.9 Å². The van der Waals surface area contributed by atoms with Gasteiger partial charge in [0.1, 0.15) is 5.82 Å². The highest BCUT2D eigenvalue weighted by Crippen LogP contribution is 2.21.